The molecule has 1 aromatic rings. The first-order chi connectivity index (χ1) is 8.88. The number of hydrogen-bond acceptors (Lipinski definition) is 5. The van der Waals surface area contributed by atoms with Crippen LogP contribution in [0.3, 0.4) is 0 Å². The van der Waals surface area contributed by atoms with Crippen molar-refractivity contribution in [3.63, 3.8) is 0 Å². The maximum absolute atomic E-state index is 12.0. The number of rotatable bonds is 3. The SMILES string of the molecule is Cc1ccc2c(c1)S(=O)(=O)N=C(SCCC(=O)O)N2. The number of carboxylic acid groups (broad SMARTS) is 1. The highest BCUT2D eigenvalue weighted by Gasteiger charge is 2.25. The molecule has 0 saturated heterocycles. The topological polar surface area (TPSA) is 95.8 Å². The van der Waals surface area contributed by atoms with Crippen LogP contribution in [0, 0.1) is 6.92 Å². The van der Waals surface area contributed by atoms with Gasteiger partial charge in [-0.2, -0.15) is 8.42 Å². The fourth-order valence-corrected chi connectivity index (χ4v) is 3.79. The van der Waals surface area contributed by atoms with Crippen molar-refractivity contribution in [2.75, 3.05) is 11.1 Å². The molecule has 0 aliphatic carbocycles. The minimum atomic E-state index is -3.71. The van der Waals surface area contributed by atoms with Gasteiger partial charge in [-0.05, 0) is 24.6 Å². The standard InChI is InChI=1S/C11H12N2O4S2/c1-7-2-3-8-9(6-7)19(16,17)13-11(12-8)18-5-4-10(14)15/h2-3,6H,4-5H2,1H3,(H,12,13)(H,14,15). The smallest absolute Gasteiger partial charge is 0.304 e. The molecular formula is C11H12N2O4S2. The lowest BCUT2D eigenvalue weighted by atomic mass is 10.2. The lowest BCUT2D eigenvalue weighted by Crippen LogP contribution is -2.19. The number of thioether (sulfide) groups is 1. The van der Waals surface area contributed by atoms with Gasteiger partial charge in [0, 0.05) is 5.75 Å². The summed E-state index contributed by atoms with van der Waals surface area (Å²) >= 11 is 1.07. The van der Waals surface area contributed by atoms with Gasteiger partial charge < -0.3 is 10.4 Å². The number of anilines is 1. The Morgan fingerprint density at radius 1 is 1.47 bits per heavy atom. The summed E-state index contributed by atoms with van der Waals surface area (Å²) < 4.78 is 27.6. The lowest BCUT2D eigenvalue weighted by molar-refractivity contribution is -0.136. The molecule has 8 heteroatoms. The monoisotopic (exact) mass is 300 g/mol. The number of carboxylic acids is 1. The highest BCUT2D eigenvalue weighted by atomic mass is 32.2. The summed E-state index contributed by atoms with van der Waals surface area (Å²) in [6.07, 6.45) is -0.0494. The van der Waals surface area contributed by atoms with Gasteiger partial charge in [-0.25, -0.2) is 0 Å². The molecule has 0 aromatic heterocycles. The van der Waals surface area contributed by atoms with Crippen molar-refractivity contribution in [3.05, 3.63) is 23.8 Å². The summed E-state index contributed by atoms with van der Waals surface area (Å²) in [6, 6.07) is 5.03. The highest BCUT2D eigenvalue weighted by Crippen LogP contribution is 2.30. The zero-order valence-electron chi connectivity index (χ0n) is 10.1. The molecule has 102 valence electrons. The van der Waals surface area contributed by atoms with Crippen LogP contribution in [0.2, 0.25) is 0 Å². The molecule has 0 fully saturated rings. The number of amidine groups is 1. The number of aryl methyl sites for hydroxylation is 1. The number of sulfonamides is 1. The van der Waals surface area contributed by atoms with Gasteiger partial charge in [0.1, 0.15) is 4.90 Å². The van der Waals surface area contributed by atoms with Gasteiger partial charge in [0.2, 0.25) is 0 Å². The van der Waals surface area contributed by atoms with Crippen molar-refractivity contribution in [2.24, 2.45) is 4.40 Å². The van der Waals surface area contributed by atoms with Gasteiger partial charge in [-0.3, -0.25) is 4.79 Å². The van der Waals surface area contributed by atoms with E-state index >= 15 is 0 Å². The van der Waals surface area contributed by atoms with Crippen LogP contribution in [-0.2, 0) is 14.8 Å². The fourth-order valence-electron chi connectivity index (χ4n) is 1.54. The Kier molecular flexibility index (Phi) is 3.81. The summed E-state index contributed by atoms with van der Waals surface area (Å²) in [7, 11) is -3.71. The molecule has 1 aromatic carbocycles. The zero-order chi connectivity index (χ0) is 14.0. The van der Waals surface area contributed by atoms with Crippen LogP contribution < -0.4 is 5.32 Å². The van der Waals surface area contributed by atoms with Crippen LogP contribution in [0.4, 0.5) is 5.69 Å². The average Bonchev–Trinajstić information content (AvgIpc) is 2.29. The third-order valence-corrected chi connectivity index (χ3v) is 4.72. The van der Waals surface area contributed by atoms with Gasteiger partial charge in [0.15, 0.2) is 5.17 Å². The van der Waals surface area contributed by atoms with Crippen molar-refractivity contribution >= 4 is 38.6 Å². The van der Waals surface area contributed by atoms with Crippen LogP contribution in [0.5, 0.6) is 0 Å². The molecule has 19 heavy (non-hydrogen) atoms. The average molecular weight is 300 g/mol. The molecule has 0 atom stereocenters. The van der Waals surface area contributed by atoms with Crippen LogP contribution in [0.25, 0.3) is 0 Å². The minimum Gasteiger partial charge on any atom is -0.481 e. The summed E-state index contributed by atoms with van der Waals surface area (Å²) in [4.78, 5) is 10.6. The Morgan fingerprint density at radius 3 is 2.89 bits per heavy atom. The number of aliphatic carboxylic acids is 1. The highest BCUT2D eigenvalue weighted by molar-refractivity contribution is 8.14. The van der Waals surface area contributed by atoms with Crippen molar-refractivity contribution in [3.8, 4) is 0 Å². The van der Waals surface area contributed by atoms with E-state index in [1.807, 2.05) is 0 Å². The van der Waals surface area contributed by atoms with Crippen molar-refractivity contribution in [1.29, 1.82) is 0 Å². The predicted octanol–water partition coefficient (Wildman–Crippen LogP) is 1.67. The Labute approximate surface area is 115 Å². The second kappa shape index (κ2) is 5.22. The Balaban J connectivity index is 2.22. The molecule has 6 nitrogen and oxygen atoms in total. The number of nitrogens with one attached hydrogen (secondary N) is 1. The molecule has 0 saturated carbocycles. The molecule has 2 rings (SSSR count). The molecule has 0 bridgehead atoms. The molecule has 2 N–H and O–H groups in total. The van der Waals surface area contributed by atoms with Crippen LogP contribution in [0.1, 0.15) is 12.0 Å². The third kappa shape index (κ3) is 3.27. The van der Waals surface area contributed by atoms with Gasteiger partial charge in [-0.1, -0.05) is 17.8 Å². The molecule has 0 radical (unpaired) electrons. The van der Waals surface area contributed by atoms with E-state index < -0.39 is 16.0 Å². The van der Waals surface area contributed by atoms with Crippen LogP contribution >= 0.6 is 11.8 Å². The quantitative estimate of drug-likeness (QED) is 0.881. The minimum absolute atomic E-state index is 0.0494. The first-order valence-corrected chi connectivity index (χ1v) is 7.88. The van der Waals surface area contributed by atoms with Crippen molar-refractivity contribution in [2.45, 2.75) is 18.2 Å². The van der Waals surface area contributed by atoms with Gasteiger partial charge >= 0.3 is 5.97 Å². The summed E-state index contributed by atoms with van der Waals surface area (Å²) in [6.45, 7) is 1.80. The molecule has 0 spiro atoms. The van der Waals surface area contributed by atoms with E-state index in [-0.39, 0.29) is 22.2 Å². The van der Waals surface area contributed by atoms with E-state index in [9.17, 15) is 13.2 Å². The van der Waals surface area contributed by atoms with Crippen LogP contribution in [0.15, 0.2) is 27.5 Å². The number of fused-ring (bicyclic) bond motifs is 1. The van der Waals surface area contributed by atoms with E-state index in [1.54, 1.807) is 25.1 Å². The predicted molar refractivity (Wildman–Crippen MR) is 74.1 cm³/mol. The number of carbonyl (C=O) groups is 1. The summed E-state index contributed by atoms with van der Waals surface area (Å²) in [5, 5.41) is 11.6. The lowest BCUT2D eigenvalue weighted by Gasteiger charge is -2.17. The molecule has 1 heterocycles. The first kappa shape index (κ1) is 13.9. The van der Waals surface area contributed by atoms with Gasteiger partial charge in [-0.15, -0.1) is 4.40 Å². The second-order valence-electron chi connectivity index (χ2n) is 3.99. The van der Waals surface area contributed by atoms with E-state index in [1.165, 1.54) is 0 Å². The maximum atomic E-state index is 12.0. The molecular weight excluding hydrogens is 288 g/mol. The molecule has 1 aliphatic rings. The van der Waals surface area contributed by atoms with E-state index in [4.69, 9.17) is 5.11 Å². The number of nitrogens with zero attached hydrogens (tertiary/aromatic N) is 1. The summed E-state index contributed by atoms with van der Waals surface area (Å²) in [5.41, 5.74) is 1.31. The Hall–Kier alpha value is -1.54. The van der Waals surface area contributed by atoms with Crippen LogP contribution in [-0.4, -0.2) is 30.4 Å². The van der Waals surface area contributed by atoms with E-state index in [0.29, 0.717) is 5.69 Å². The maximum Gasteiger partial charge on any atom is 0.304 e. The number of hydrogen-bond donors (Lipinski definition) is 2. The summed E-state index contributed by atoms with van der Waals surface area (Å²) in [5.74, 6) is -0.666. The first-order valence-electron chi connectivity index (χ1n) is 5.46. The molecule has 1 aliphatic heterocycles. The number of benzene rings is 1. The van der Waals surface area contributed by atoms with Gasteiger partial charge in [0.25, 0.3) is 10.0 Å². The zero-order valence-corrected chi connectivity index (χ0v) is 11.7. The van der Waals surface area contributed by atoms with E-state index in [0.717, 1.165) is 17.3 Å². The Morgan fingerprint density at radius 2 is 2.21 bits per heavy atom. The molecule has 0 unspecified atom stereocenters. The van der Waals surface area contributed by atoms with E-state index in [2.05, 4.69) is 9.71 Å². The molecule has 0 amide bonds. The van der Waals surface area contributed by atoms with Crippen molar-refractivity contribution < 1.29 is 18.3 Å². The van der Waals surface area contributed by atoms with Gasteiger partial charge in [0.05, 0.1) is 12.1 Å². The second-order valence-corrected chi connectivity index (χ2v) is 6.64. The fraction of sp³-hybridized carbons (Fsp3) is 0.273. The normalized spacial score (nSPS) is 16.2. The van der Waals surface area contributed by atoms with Crippen molar-refractivity contribution in [1.82, 2.24) is 0 Å². The largest absolute Gasteiger partial charge is 0.481 e. The Bertz CT molecular complexity index is 653. The third-order valence-electron chi connectivity index (χ3n) is 2.41.